The Balaban J connectivity index is 1.86. The monoisotopic (exact) mass is 312 g/mol. The molecule has 0 fully saturated rings. The van der Waals surface area contributed by atoms with E-state index >= 15 is 0 Å². The summed E-state index contributed by atoms with van der Waals surface area (Å²) < 4.78 is 23.3. The van der Waals surface area contributed by atoms with Crippen LogP contribution in [0.1, 0.15) is 10.4 Å². The lowest BCUT2D eigenvalue weighted by molar-refractivity contribution is 0.102. The van der Waals surface area contributed by atoms with Crippen LogP contribution in [-0.4, -0.2) is 18.2 Å². The van der Waals surface area contributed by atoms with Gasteiger partial charge in [0.15, 0.2) is 5.76 Å². The van der Waals surface area contributed by atoms with Crippen molar-refractivity contribution < 1.29 is 18.4 Å². The average Bonchev–Trinajstić information content (AvgIpc) is 3.05. The number of methoxy groups -OCH3 is 1. The minimum absolute atomic E-state index is 0.263. The van der Waals surface area contributed by atoms with E-state index in [9.17, 15) is 9.18 Å². The number of aromatic nitrogens is 1. The first-order chi connectivity index (χ1) is 11.2. The Labute approximate surface area is 131 Å². The van der Waals surface area contributed by atoms with Crippen molar-refractivity contribution in [2.24, 2.45) is 0 Å². The molecule has 1 aromatic heterocycles. The molecule has 0 aliphatic heterocycles. The molecule has 3 aromatic rings. The zero-order valence-corrected chi connectivity index (χ0v) is 12.2. The van der Waals surface area contributed by atoms with Gasteiger partial charge in [-0.3, -0.25) is 4.79 Å². The first-order valence-corrected chi connectivity index (χ1v) is 6.83. The first kappa shape index (κ1) is 14.8. The number of hydrogen-bond donors (Lipinski definition) is 1. The van der Waals surface area contributed by atoms with Crippen LogP contribution in [0.5, 0.6) is 5.75 Å². The summed E-state index contributed by atoms with van der Waals surface area (Å²) in [7, 11) is 1.55. The molecule has 0 aliphatic carbocycles. The lowest BCUT2D eigenvalue weighted by Crippen LogP contribution is -2.12. The Morgan fingerprint density at radius 3 is 2.74 bits per heavy atom. The van der Waals surface area contributed by atoms with Gasteiger partial charge in [-0.1, -0.05) is 11.2 Å². The molecule has 6 heteroatoms. The molecular formula is C17H13FN2O3. The maximum absolute atomic E-state index is 13.0. The lowest BCUT2D eigenvalue weighted by atomic mass is 10.1. The lowest BCUT2D eigenvalue weighted by Gasteiger charge is -2.06. The summed E-state index contributed by atoms with van der Waals surface area (Å²) in [6.45, 7) is 0. The predicted molar refractivity (Wildman–Crippen MR) is 82.8 cm³/mol. The second-order valence-electron chi connectivity index (χ2n) is 4.76. The molecule has 0 unspecified atom stereocenters. The van der Waals surface area contributed by atoms with E-state index < -0.39 is 0 Å². The van der Waals surface area contributed by atoms with Crippen molar-refractivity contribution in [3.63, 3.8) is 0 Å². The third-order valence-corrected chi connectivity index (χ3v) is 3.25. The fraction of sp³-hybridized carbons (Fsp3) is 0.0588. The maximum atomic E-state index is 13.0. The summed E-state index contributed by atoms with van der Waals surface area (Å²) in [4.78, 5) is 12.4. The Hall–Kier alpha value is -3.15. The Bertz CT molecular complexity index is 828. The van der Waals surface area contributed by atoms with Crippen LogP contribution in [0.3, 0.4) is 0 Å². The van der Waals surface area contributed by atoms with Crippen LogP contribution < -0.4 is 10.1 Å². The molecule has 1 heterocycles. The highest BCUT2D eigenvalue weighted by Gasteiger charge is 2.18. The van der Waals surface area contributed by atoms with Gasteiger partial charge in [0, 0.05) is 17.3 Å². The fourth-order valence-electron chi connectivity index (χ4n) is 2.11. The van der Waals surface area contributed by atoms with Gasteiger partial charge in [-0.05, 0) is 36.4 Å². The van der Waals surface area contributed by atoms with Crippen molar-refractivity contribution in [3.05, 3.63) is 66.1 Å². The van der Waals surface area contributed by atoms with Gasteiger partial charge in [-0.25, -0.2) is 4.39 Å². The van der Waals surface area contributed by atoms with E-state index in [0.717, 1.165) is 0 Å². The smallest absolute Gasteiger partial charge is 0.261 e. The summed E-state index contributed by atoms with van der Waals surface area (Å²) in [5.74, 6) is 0.173. The van der Waals surface area contributed by atoms with Gasteiger partial charge in [0.05, 0.1) is 13.3 Å². The topological polar surface area (TPSA) is 64.4 Å². The van der Waals surface area contributed by atoms with Gasteiger partial charge in [-0.15, -0.1) is 0 Å². The standard InChI is InChI=1S/C17H13FN2O3/c1-22-14-4-2-3-13(9-14)20-17(21)15-10-19-23-16(15)11-5-7-12(18)8-6-11/h2-10H,1H3,(H,20,21). The van der Waals surface area contributed by atoms with Crippen LogP contribution >= 0.6 is 0 Å². The van der Waals surface area contributed by atoms with E-state index in [1.807, 2.05) is 0 Å². The van der Waals surface area contributed by atoms with Crippen LogP contribution in [0.15, 0.2) is 59.3 Å². The molecule has 1 N–H and O–H groups in total. The SMILES string of the molecule is COc1cccc(NC(=O)c2cnoc2-c2ccc(F)cc2)c1. The average molecular weight is 312 g/mol. The number of carbonyl (C=O) groups is 1. The fourth-order valence-corrected chi connectivity index (χ4v) is 2.11. The molecule has 0 atom stereocenters. The van der Waals surface area contributed by atoms with Crippen molar-refractivity contribution in [2.45, 2.75) is 0 Å². The highest BCUT2D eigenvalue weighted by molar-refractivity contribution is 6.07. The van der Waals surface area contributed by atoms with E-state index in [2.05, 4.69) is 10.5 Å². The molecule has 0 radical (unpaired) electrons. The molecule has 116 valence electrons. The number of ether oxygens (including phenoxy) is 1. The predicted octanol–water partition coefficient (Wildman–Crippen LogP) is 3.74. The molecule has 0 bridgehead atoms. The number of halogens is 1. The van der Waals surface area contributed by atoms with E-state index in [-0.39, 0.29) is 23.0 Å². The number of hydrogen-bond acceptors (Lipinski definition) is 4. The van der Waals surface area contributed by atoms with Crippen LogP contribution in [0.2, 0.25) is 0 Å². The zero-order chi connectivity index (χ0) is 16.2. The van der Waals surface area contributed by atoms with E-state index in [4.69, 9.17) is 9.26 Å². The van der Waals surface area contributed by atoms with Gasteiger partial charge < -0.3 is 14.6 Å². The minimum Gasteiger partial charge on any atom is -0.497 e. The van der Waals surface area contributed by atoms with E-state index in [1.165, 1.54) is 30.5 Å². The molecule has 2 aromatic carbocycles. The highest BCUT2D eigenvalue weighted by Crippen LogP contribution is 2.25. The van der Waals surface area contributed by atoms with Crippen molar-refractivity contribution in [1.29, 1.82) is 0 Å². The molecule has 0 saturated carbocycles. The summed E-state index contributed by atoms with van der Waals surface area (Å²) >= 11 is 0. The number of amides is 1. The number of rotatable bonds is 4. The number of benzene rings is 2. The normalized spacial score (nSPS) is 10.3. The highest BCUT2D eigenvalue weighted by atomic mass is 19.1. The van der Waals surface area contributed by atoms with Crippen LogP contribution in [0.25, 0.3) is 11.3 Å². The summed E-state index contributed by atoms with van der Waals surface area (Å²) in [5, 5.41) is 6.41. The molecule has 5 nitrogen and oxygen atoms in total. The molecule has 0 aliphatic rings. The van der Waals surface area contributed by atoms with Crippen LogP contribution in [0.4, 0.5) is 10.1 Å². The van der Waals surface area contributed by atoms with Gasteiger partial charge in [0.2, 0.25) is 0 Å². The molecule has 0 saturated heterocycles. The summed E-state index contributed by atoms with van der Waals surface area (Å²) in [5.41, 5.74) is 1.42. The van der Waals surface area contributed by atoms with Crippen LogP contribution in [0, 0.1) is 5.82 Å². The summed E-state index contributed by atoms with van der Waals surface area (Å²) in [6.07, 6.45) is 1.33. The number of nitrogens with one attached hydrogen (secondary N) is 1. The molecule has 23 heavy (non-hydrogen) atoms. The third kappa shape index (κ3) is 3.21. The molecular weight excluding hydrogens is 299 g/mol. The Morgan fingerprint density at radius 1 is 1.22 bits per heavy atom. The van der Waals surface area contributed by atoms with E-state index in [1.54, 1.807) is 31.4 Å². The third-order valence-electron chi connectivity index (χ3n) is 3.25. The van der Waals surface area contributed by atoms with Crippen LogP contribution in [-0.2, 0) is 0 Å². The number of nitrogens with zero attached hydrogens (tertiary/aromatic N) is 1. The molecule has 0 spiro atoms. The quantitative estimate of drug-likeness (QED) is 0.797. The molecule has 3 rings (SSSR count). The second-order valence-corrected chi connectivity index (χ2v) is 4.76. The van der Waals surface area contributed by atoms with Gasteiger partial charge in [0.25, 0.3) is 5.91 Å². The molecule has 1 amide bonds. The Morgan fingerprint density at radius 2 is 2.00 bits per heavy atom. The Kier molecular flexibility index (Phi) is 4.05. The van der Waals surface area contributed by atoms with Crippen molar-refractivity contribution in [2.75, 3.05) is 12.4 Å². The van der Waals surface area contributed by atoms with E-state index in [0.29, 0.717) is 17.0 Å². The number of carbonyl (C=O) groups excluding carboxylic acids is 1. The minimum atomic E-state index is -0.376. The van der Waals surface area contributed by atoms with Crippen molar-refractivity contribution in [3.8, 4) is 17.1 Å². The van der Waals surface area contributed by atoms with Crippen molar-refractivity contribution >= 4 is 11.6 Å². The maximum Gasteiger partial charge on any atom is 0.261 e. The first-order valence-electron chi connectivity index (χ1n) is 6.83. The van der Waals surface area contributed by atoms with Gasteiger partial charge >= 0.3 is 0 Å². The van der Waals surface area contributed by atoms with Gasteiger partial charge in [-0.2, -0.15) is 0 Å². The largest absolute Gasteiger partial charge is 0.497 e. The zero-order valence-electron chi connectivity index (χ0n) is 12.2. The summed E-state index contributed by atoms with van der Waals surface area (Å²) in [6, 6.07) is 12.6. The number of anilines is 1. The second kappa shape index (κ2) is 6.31. The van der Waals surface area contributed by atoms with Gasteiger partial charge in [0.1, 0.15) is 17.1 Å². The van der Waals surface area contributed by atoms with Crippen molar-refractivity contribution in [1.82, 2.24) is 5.16 Å².